The second kappa shape index (κ2) is 10.9. The summed E-state index contributed by atoms with van der Waals surface area (Å²) in [7, 11) is 1.61. The molecule has 0 aliphatic carbocycles. The zero-order chi connectivity index (χ0) is 25.8. The molecule has 0 spiro atoms. The van der Waals surface area contributed by atoms with Crippen molar-refractivity contribution in [3.63, 3.8) is 0 Å². The summed E-state index contributed by atoms with van der Waals surface area (Å²) in [5, 5.41) is 15.7. The van der Waals surface area contributed by atoms with Crippen LogP contribution in [0.15, 0.2) is 82.7 Å². The SMILES string of the molecule is COc1ccc(OCCOc2ccc(/C=C3/C(=N)N4N=C(c5cccnc5)SC4=NC3=O)cc2Cl)cc1. The molecule has 0 bridgehead atoms. The highest BCUT2D eigenvalue weighted by atomic mass is 35.5. The number of hydrazone groups is 1. The van der Waals surface area contributed by atoms with Crippen LogP contribution < -0.4 is 14.2 Å². The molecule has 186 valence electrons. The zero-order valence-electron chi connectivity index (χ0n) is 19.6. The second-order valence-corrected chi connectivity index (χ2v) is 9.09. The Morgan fingerprint density at radius 2 is 1.86 bits per heavy atom. The first-order valence-corrected chi connectivity index (χ1v) is 12.3. The summed E-state index contributed by atoms with van der Waals surface area (Å²) < 4.78 is 16.5. The van der Waals surface area contributed by atoms with Crippen molar-refractivity contribution in [2.75, 3.05) is 20.3 Å². The maximum Gasteiger partial charge on any atom is 0.283 e. The standard InChI is InChI=1S/C26H20ClN5O4S/c1-34-18-5-7-19(8-6-18)35-11-12-36-22-9-4-16(14-21(22)27)13-20-23(28)32-26(30-24(20)33)37-25(31-32)17-3-2-10-29-15-17/h2-10,13-15,28H,11-12H2,1H3/b20-13-,28-23?. The number of fused-ring (bicyclic) bond motifs is 1. The summed E-state index contributed by atoms with van der Waals surface area (Å²) >= 11 is 7.63. The van der Waals surface area contributed by atoms with E-state index < -0.39 is 5.91 Å². The van der Waals surface area contributed by atoms with Crippen molar-refractivity contribution >= 4 is 51.4 Å². The molecule has 3 aromatic rings. The summed E-state index contributed by atoms with van der Waals surface area (Å²) in [6.45, 7) is 0.618. The minimum Gasteiger partial charge on any atom is -0.497 e. The highest BCUT2D eigenvalue weighted by Crippen LogP contribution is 2.32. The number of nitrogens with one attached hydrogen (secondary N) is 1. The highest BCUT2D eigenvalue weighted by molar-refractivity contribution is 8.27. The molecule has 0 saturated carbocycles. The van der Waals surface area contributed by atoms with Gasteiger partial charge in [0.2, 0.25) is 5.17 Å². The Morgan fingerprint density at radius 3 is 2.59 bits per heavy atom. The van der Waals surface area contributed by atoms with Gasteiger partial charge in [-0.1, -0.05) is 17.7 Å². The Bertz CT molecular complexity index is 1440. The molecule has 2 aliphatic heterocycles. The van der Waals surface area contributed by atoms with Crippen LogP contribution in [-0.2, 0) is 4.79 Å². The number of ether oxygens (including phenoxy) is 3. The normalized spacial score (nSPS) is 15.8. The van der Waals surface area contributed by atoms with Gasteiger partial charge in [-0.3, -0.25) is 15.2 Å². The summed E-state index contributed by atoms with van der Waals surface area (Å²) in [5.74, 6) is 1.36. The first-order chi connectivity index (χ1) is 18.0. The molecule has 9 nitrogen and oxygen atoms in total. The molecular formula is C26H20ClN5O4S. The fourth-order valence-corrected chi connectivity index (χ4v) is 4.60. The number of aromatic nitrogens is 1. The van der Waals surface area contributed by atoms with Gasteiger partial charge in [0.15, 0.2) is 5.84 Å². The third-order valence-electron chi connectivity index (χ3n) is 5.30. The van der Waals surface area contributed by atoms with Crippen LogP contribution >= 0.6 is 23.4 Å². The van der Waals surface area contributed by atoms with Gasteiger partial charge in [-0.05, 0) is 71.9 Å². The Labute approximate surface area is 221 Å². The van der Waals surface area contributed by atoms with Crippen molar-refractivity contribution in [1.29, 1.82) is 5.41 Å². The van der Waals surface area contributed by atoms with E-state index in [0.717, 1.165) is 11.3 Å². The van der Waals surface area contributed by atoms with Crippen molar-refractivity contribution in [2.24, 2.45) is 10.1 Å². The Kier molecular flexibility index (Phi) is 7.20. The molecule has 0 atom stereocenters. The van der Waals surface area contributed by atoms with Gasteiger partial charge in [-0.25, -0.2) is 0 Å². The largest absolute Gasteiger partial charge is 0.497 e. The number of nitrogens with zero attached hydrogens (tertiary/aromatic N) is 4. The van der Waals surface area contributed by atoms with Crippen LogP contribution in [0.25, 0.3) is 6.08 Å². The molecule has 2 aliphatic rings. The fraction of sp³-hybridized carbons (Fsp3) is 0.115. The molecule has 0 radical (unpaired) electrons. The second-order valence-electron chi connectivity index (χ2n) is 7.73. The lowest BCUT2D eigenvalue weighted by Crippen LogP contribution is -2.35. The first kappa shape index (κ1) is 24.5. The molecule has 11 heteroatoms. The molecule has 3 heterocycles. The van der Waals surface area contributed by atoms with E-state index in [-0.39, 0.29) is 18.0 Å². The van der Waals surface area contributed by atoms with E-state index in [1.54, 1.807) is 49.8 Å². The minimum atomic E-state index is -0.515. The van der Waals surface area contributed by atoms with Crippen LogP contribution in [0, 0.1) is 5.41 Å². The summed E-state index contributed by atoms with van der Waals surface area (Å²) in [6.07, 6.45) is 4.90. The van der Waals surface area contributed by atoms with Crippen molar-refractivity contribution in [3.05, 3.63) is 88.7 Å². The number of halogens is 1. The fourth-order valence-electron chi connectivity index (χ4n) is 3.47. The van der Waals surface area contributed by atoms with Crippen LogP contribution in [-0.4, -0.2) is 52.3 Å². The van der Waals surface area contributed by atoms with Crippen LogP contribution in [0.2, 0.25) is 5.02 Å². The van der Waals surface area contributed by atoms with Crippen LogP contribution in [0.3, 0.4) is 0 Å². The van der Waals surface area contributed by atoms with Gasteiger partial charge in [0.05, 0.1) is 17.7 Å². The number of methoxy groups -OCH3 is 1. The molecule has 37 heavy (non-hydrogen) atoms. The van der Waals surface area contributed by atoms with Crippen LogP contribution in [0.4, 0.5) is 0 Å². The number of hydrogen-bond acceptors (Lipinski definition) is 8. The minimum absolute atomic E-state index is 0.0616. The number of hydrogen-bond donors (Lipinski definition) is 1. The van der Waals surface area contributed by atoms with E-state index in [4.69, 9.17) is 31.2 Å². The number of rotatable bonds is 8. The van der Waals surface area contributed by atoms with Gasteiger partial charge < -0.3 is 14.2 Å². The first-order valence-electron chi connectivity index (χ1n) is 11.1. The number of aliphatic imine (C=N–C) groups is 1. The van der Waals surface area contributed by atoms with Gasteiger partial charge in [-0.2, -0.15) is 15.1 Å². The van der Waals surface area contributed by atoms with Gasteiger partial charge in [0.25, 0.3) is 5.91 Å². The zero-order valence-corrected chi connectivity index (χ0v) is 21.1. The number of amides is 1. The lowest BCUT2D eigenvalue weighted by molar-refractivity contribution is -0.114. The van der Waals surface area contributed by atoms with Crippen molar-refractivity contribution in [1.82, 2.24) is 9.99 Å². The molecule has 0 fully saturated rings. The molecular weight excluding hydrogens is 514 g/mol. The van der Waals surface area contributed by atoms with Crippen molar-refractivity contribution < 1.29 is 19.0 Å². The summed E-state index contributed by atoms with van der Waals surface area (Å²) in [5.41, 5.74) is 1.52. The lowest BCUT2D eigenvalue weighted by atomic mass is 10.1. The van der Waals surface area contributed by atoms with E-state index in [1.165, 1.54) is 16.8 Å². The molecule has 2 aromatic carbocycles. The Balaban J connectivity index is 1.23. The third kappa shape index (κ3) is 5.50. The Hall–Kier alpha value is -4.15. The lowest BCUT2D eigenvalue weighted by Gasteiger charge is -2.20. The molecule has 1 amide bonds. The van der Waals surface area contributed by atoms with E-state index in [9.17, 15) is 4.79 Å². The average Bonchev–Trinajstić information content (AvgIpc) is 3.35. The molecule has 5 rings (SSSR count). The van der Waals surface area contributed by atoms with E-state index in [2.05, 4.69) is 15.1 Å². The van der Waals surface area contributed by atoms with Crippen molar-refractivity contribution in [2.45, 2.75) is 0 Å². The molecule has 0 saturated heterocycles. The maximum absolute atomic E-state index is 12.7. The third-order valence-corrected chi connectivity index (χ3v) is 6.55. The van der Waals surface area contributed by atoms with Gasteiger partial charge in [-0.15, -0.1) is 0 Å². The van der Waals surface area contributed by atoms with Gasteiger partial charge in [0.1, 0.15) is 35.5 Å². The van der Waals surface area contributed by atoms with E-state index in [0.29, 0.717) is 38.9 Å². The van der Waals surface area contributed by atoms with E-state index >= 15 is 0 Å². The topological polar surface area (TPSA) is 109 Å². The Morgan fingerprint density at radius 1 is 1.08 bits per heavy atom. The molecule has 1 aromatic heterocycles. The number of thioether (sulfide) groups is 1. The number of amidine groups is 2. The number of benzene rings is 2. The summed E-state index contributed by atoms with van der Waals surface area (Å²) in [6, 6.07) is 16.0. The van der Waals surface area contributed by atoms with Gasteiger partial charge >= 0.3 is 0 Å². The average molecular weight is 534 g/mol. The van der Waals surface area contributed by atoms with E-state index in [1.807, 2.05) is 30.3 Å². The monoisotopic (exact) mass is 533 g/mol. The smallest absolute Gasteiger partial charge is 0.283 e. The number of carbonyl (C=O) groups is 1. The molecule has 0 unspecified atom stereocenters. The maximum atomic E-state index is 12.7. The highest BCUT2D eigenvalue weighted by Gasteiger charge is 2.36. The predicted molar refractivity (Wildman–Crippen MR) is 144 cm³/mol. The number of pyridine rings is 1. The molecule has 1 N–H and O–H groups in total. The summed E-state index contributed by atoms with van der Waals surface area (Å²) in [4.78, 5) is 20.9. The van der Waals surface area contributed by atoms with Crippen LogP contribution in [0.5, 0.6) is 17.2 Å². The quantitative estimate of drug-likeness (QED) is 0.325. The van der Waals surface area contributed by atoms with Crippen LogP contribution in [0.1, 0.15) is 11.1 Å². The predicted octanol–water partition coefficient (Wildman–Crippen LogP) is 4.87. The number of carbonyl (C=O) groups excluding carboxylic acids is 1. The van der Waals surface area contributed by atoms with Crippen molar-refractivity contribution in [3.8, 4) is 17.2 Å². The van der Waals surface area contributed by atoms with Gasteiger partial charge in [0, 0.05) is 18.0 Å².